The topological polar surface area (TPSA) is 75.5 Å². The van der Waals surface area contributed by atoms with Crippen LogP contribution in [-0.4, -0.2) is 35.1 Å². The van der Waals surface area contributed by atoms with Crippen molar-refractivity contribution in [1.29, 1.82) is 0 Å². The number of aliphatic carboxylic acids is 1. The fourth-order valence-electron chi connectivity index (χ4n) is 1.56. The normalized spacial score (nSPS) is 10.6. The monoisotopic (exact) mass is 285 g/mol. The standard InChI is InChI=1S/C15H15N3O3/c1-18(2)12-4-3-5-13(8-12)21-15-16-9-11(10-17-15)6-7-14(19)20/h3-10H,1-2H3,(H,19,20)/b7-6+. The molecular formula is C15H15N3O3. The van der Waals surface area contributed by atoms with Gasteiger partial charge in [0.2, 0.25) is 0 Å². The quantitative estimate of drug-likeness (QED) is 0.850. The maximum Gasteiger partial charge on any atom is 0.328 e. The third-order valence-electron chi connectivity index (χ3n) is 2.61. The Hall–Kier alpha value is -2.89. The summed E-state index contributed by atoms with van der Waals surface area (Å²) < 4.78 is 5.56. The molecule has 0 aliphatic carbocycles. The zero-order valence-corrected chi connectivity index (χ0v) is 11.7. The van der Waals surface area contributed by atoms with E-state index in [1.165, 1.54) is 18.5 Å². The number of nitrogens with zero attached hydrogens (tertiary/aromatic N) is 3. The molecule has 0 spiro atoms. The van der Waals surface area contributed by atoms with Crippen LogP contribution in [0.4, 0.5) is 5.69 Å². The molecule has 0 bridgehead atoms. The third kappa shape index (κ3) is 4.31. The number of anilines is 1. The van der Waals surface area contributed by atoms with Crippen LogP contribution in [0.3, 0.4) is 0 Å². The number of aromatic nitrogens is 2. The van der Waals surface area contributed by atoms with Gasteiger partial charge in [-0.2, -0.15) is 0 Å². The molecule has 2 aromatic rings. The Morgan fingerprint density at radius 2 is 2.00 bits per heavy atom. The van der Waals surface area contributed by atoms with Gasteiger partial charge >= 0.3 is 12.0 Å². The maximum absolute atomic E-state index is 10.4. The molecule has 0 unspecified atom stereocenters. The lowest BCUT2D eigenvalue weighted by atomic mass is 10.3. The fourth-order valence-corrected chi connectivity index (χ4v) is 1.56. The first-order chi connectivity index (χ1) is 10.0. The molecule has 1 heterocycles. The molecule has 1 aromatic heterocycles. The minimum Gasteiger partial charge on any atom is -0.478 e. The van der Waals surface area contributed by atoms with Gasteiger partial charge in [-0.25, -0.2) is 14.8 Å². The van der Waals surface area contributed by atoms with Crippen molar-refractivity contribution in [2.24, 2.45) is 0 Å². The maximum atomic E-state index is 10.4. The number of benzene rings is 1. The molecule has 0 saturated carbocycles. The van der Waals surface area contributed by atoms with E-state index >= 15 is 0 Å². The Labute approximate surface area is 122 Å². The molecule has 0 radical (unpaired) electrons. The molecule has 6 nitrogen and oxygen atoms in total. The van der Waals surface area contributed by atoms with E-state index in [4.69, 9.17) is 9.84 Å². The molecule has 21 heavy (non-hydrogen) atoms. The first-order valence-electron chi connectivity index (χ1n) is 6.23. The van der Waals surface area contributed by atoms with Crippen LogP contribution in [0.5, 0.6) is 11.8 Å². The Balaban J connectivity index is 2.10. The van der Waals surface area contributed by atoms with Crippen molar-refractivity contribution < 1.29 is 14.6 Å². The van der Waals surface area contributed by atoms with Gasteiger partial charge in [0.05, 0.1) is 0 Å². The van der Waals surface area contributed by atoms with Gasteiger partial charge in [0.1, 0.15) is 5.75 Å². The van der Waals surface area contributed by atoms with Crippen LogP contribution in [-0.2, 0) is 4.79 Å². The molecule has 108 valence electrons. The second-order valence-electron chi connectivity index (χ2n) is 4.46. The molecule has 0 fully saturated rings. The number of hydrogen-bond acceptors (Lipinski definition) is 5. The zero-order valence-electron chi connectivity index (χ0n) is 11.7. The van der Waals surface area contributed by atoms with Crippen molar-refractivity contribution in [3.8, 4) is 11.8 Å². The molecule has 0 atom stereocenters. The molecule has 0 aliphatic heterocycles. The molecule has 0 amide bonds. The van der Waals surface area contributed by atoms with Gasteiger partial charge in [-0.3, -0.25) is 0 Å². The Morgan fingerprint density at radius 1 is 1.29 bits per heavy atom. The Kier molecular flexibility index (Phi) is 4.50. The van der Waals surface area contributed by atoms with E-state index in [1.807, 2.05) is 43.3 Å². The lowest BCUT2D eigenvalue weighted by Crippen LogP contribution is -2.08. The number of carbonyl (C=O) groups is 1. The van der Waals surface area contributed by atoms with E-state index in [9.17, 15) is 4.79 Å². The van der Waals surface area contributed by atoms with E-state index in [2.05, 4.69) is 9.97 Å². The number of rotatable bonds is 5. The Bertz CT molecular complexity index is 651. The number of ether oxygens (including phenoxy) is 1. The minimum atomic E-state index is -1.02. The molecule has 0 saturated heterocycles. The molecule has 2 rings (SSSR count). The van der Waals surface area contributed by atoms with Gasteiger partial charge < -0.3 is 14.7 Å². The van der Waals surface area contributed by atoms with E-state index < -0.39 is 5.97 Å². The summed E-state index contributed by atoms with van der Waals surface area (Å²) in [7, 11) is 3.89. The average molecular weight is 285 g/mol. The highest BCUT2D eigenvalue weighted by atomic mass is 16.5. The number of carboxylic acid groups (broad SMARTS) is 1. The van der Waals surface area contributed by atoms with Crippen LogP contribution in [0.2, 0.25) is 0 Å². The summed E-state index contributed by atoms with van der Waals surface area (Å²) >= 11 is 0. The largest absolute Gasteiger partial charge is 0.478 e. The van der Waals surface area contributed by atoms with E-state index in [1.54, 1.807) is 0 Å². The summed E-state index contributed by atoms with van der Waals surface area (Å²) in [6, 6.07) is 7.75. The van der Waals surface area contributed by atoms with Gasteiger partial charge in [-0.15, -0.1) is 0 Å². The lowest BCUT2D eigenvalue weighted by molar-refractivity contribution is -0.131. The lowest BCUT2D eigenvalue weighted by Gasteiger charge is -2.13. The van der Waals surface area contributed by atoms with Crippen LogP contribution >= 0.6 is 0 Å². The van der Waals surface area contributed by atoms with Gasteiger partial charge in [-0.05, 0) is 18.2 Å². The number of hydrogen-bond donors (Lipinski definition) is 1. The van der Waals surface area contributed by atoms with Gasteiger partial charge in [0, 0.05) is 49.9 Å². The van der Waals surface area contributed by atoms with Crippen LogP contribution < -0.4 is 9.64 Å². The smallest absolute Gasteiger partial charge is 0.328 e. The highest BCUT2D eigenvalue weighted by molar-refractivity contribution is 5.85. The fraction of sp³-hybridized carbons (Fsp3) is 0.133. The average Bonchev–Trinajstić information content (AvgIpc) is 2.47. The van der Waals surface area contributed by atoms with E-state index in [-0.39, 0.29) is 6.01 Å². The van der Waals surface area contributed by atoms with Crippen molar-refractivity contribution >= 4 is 17.7 Å². The van der Waals surface area contributed by atoms with Crippen LogP contribution in [0.15, 0.2) is 42.7 Å². The van der Waals surface area contributed by atoms with E-state index in [0.29, 0.717) is 11.3 Å². The SMILES string of the molecule is CN(C)c1cccc(Oc2ncc(/C=C/C(=O)O)cn2)c1. The molecule has 0 aliphatic rings. The molecular weight excluding hydrogens is 270 g/mol. The molecule has 1 aromatic carbocycles. The highest BCUT2D eigenvalue weighted by Gasteiger charge is 2.02. The molecule has 1 N–H and O–H groups in total. The van der Waals surface area contributed by atoms with Crippen molar-refractivity contribution in [2.45, 2.75) is 0 Å². The first kappa shape index (κ1) is 14.5. The van der Waals surface area contributed by atoms with Gasteiger partial charge in [0.25, 0.3) is 0 Å². The molecule has 6 heteroatoms. The summed E-state index contributed by atoms with van der Waals surface area (Å²) in [6.07, 6.45) is 5.44. The van der Waals surface area contributed by atoms with Gasteiger partial charge in [-0.1, -0.05) is 6.07 Å². The van der Waals surface area contributed by atoms with E-state index in [0.717, 1.165) is 11.8 Å². The Morgan fingerprint density at radius 3 is 2.62 bits per heavy atom. The highest BCUT2D eigenvalue weighted by Crippen LogP contribution is 2.22. The first-order valence-corrected chi connectivity index (χ1v) is 6.23. The summed E-state index contributed by atoms with van der Waals surface area (Å²) in [5.41, 5.74) is 1.60. The van der Waals surface area contributed by atoms with Crippen molar-refractivity contribution in [2.75, 3.05) is 19.0 Å². The second kappa shape index (κ2) is 6.51. The van der Waals surface area contributed by atoms with Crippen LogP contribution in [0.25, 0.3) is 6.08 Å². The second-order valence-corrected chi connectivity index (χ2v) is 4.46. The van der Waals surface area contributed by atoms with Crippen molar-refractivity contribution in [3.63, 3.8) is 0 Å². The summed E-state index contributed by atoms with van der Waals surface area (Å²) in [5, 5.41) is 8.54. The number of carboxylic acids is 1. The van der Waals surface area contributed by atoms with Crippen molar-refractivity contribution in [1.82, 2.24) is 9.97 Å². The summed E-state index contributed by atoms with van der Waals surface area (Å²) in [4.78, 5) is 20.4. The third-order valence-corrected chi connectivity index (χ3v) is 2.61. The van der Waals surface area contributed by atoms with Crippen LogP contribution in [0, 0.1) is 0 Å². The summed E-state index contributed by atoms with van der Waals surface area (Å²) in [5.74, 6) is -0.383. The summed E-state index contributed by atoms with van der Waals surface area (Å²) in [6.45, 7) is 0. The predicted octanol–water partition coefficient (Wildman–Crippen LogP) is 2.43. The van der Waals surface area contributed by atoms with Gasteiger partial charge in [0.15, 0.2) is 0 Å². The predicted molar refractivity (Wildman–Crippen MR) is 79.5 cm³/mol. The zero-order chi connectivity index (χ0) is 15.2. The minimum absolute atomic E-state index is 0.207. The van der Waals surface area contributed by atoms with Crippen LogP contribution in [0.1, 0.15) is 5.56 Å². The van der Waals surface area contributed by atoms with Crippen molar-refractivity contribution in [3.05, 3.63) is 48.3 Å².